The van der Waals surface area contributed by atoms with Crippen LogP contribution in [0.5, 0.6) is 5.75 Å². The van der Waals surface area contributed by atoms with Gasteiger partial charge >= 0.3 is 0 Å². The van der Waals surface area contributed by atoms with Gasteiger partial charge in [0.2, 0.25) is 21.8 Å². The number of benzene rings is 2. The first kappa shape index (κ1) is 31.0. The molecule has 0 bridgehead atoms. The monoisotopic (exact) mass is 591 g/mol. The Morgan fingerprint density at radius 2 is 1.70 bits per heavy atom. The smallest absolute Gasteiger partial charge is 0.244 e. The average Bonchev–Trinajstić information content (AvgIpc) is 2.83. The van der Waals surface area contributed by atoms with Crippen LogP contribution in [-0.4, -0.2) is 57.6 Å². The number of rotatable bonds is 13. The highest BCUT2D eigenvalue weighted by molar-refractivity contribution is 7.92. The Bertz CT molecular complexity index is 1210. The van der Waals surface area contributed by atoms with E-state index in [2.05, 4.69) is 5.32 Å². The molecule has 204 valence electrons. The fourth-order valence-corrected chi connectivity index (χ4v) is 5.19. The van der Waals surface area contributed by atoms with E-state index in [9.17, 15) is 18.0 Å². The Kier molecular flexibility index (Phi) is 11.8. The summed E-state index contributed by atoms with van der Waals surface area (Å²) in [5, 5.41) is 3.88. The molecule has 0 heterocycles. The van der Waals surface area contributed by atoms with Gasteiger partial charge in [-0.05, 0) is 48.7 Å². The quantitative estimate of drug-likeness (QED) is 0.325. The number of hydrogen-bond acceptors (Lipinski definition) is 5. The number of amides is 2. The highest BCUT2D eigenvalue weighted by Gasteiger charge is 2.33. The van der Waals surface area contributed by atoms with Crippen LogP contribution in [0, 0.1) is 0 Å². The molecule has 2 rings (SSSR count). The van der Waals surface area contributed by atoms with Gasteiger partial charge in [-0.2, -0.15) is 0 Å². The van der Waals surface area contributed by atoms with Crippen molar-refractivity contribution in [3.63, 3.8) is 0 Å². The third-order valence-electron chi connectivity index (χ3n) is 5.66. The maximum Gasteiger partial charge on any atom is 0.244 e. The predicted octanol–water partition coefficient (Wildman–Crippen LogP) is 5.15. The number of methoxy groups -OCH3 is 1. The van der Waals surface area contributed by atoms with E-state index < -0.39 is 28.5 Å². The zero-order chi connectivity index (χ0) is 27.8. The van der Waals surface area contributed by atoms with Crippen LogP contribution in [0.15, 0.2) is 36.4 Å². The molecule has 0 unspecified atom stereocenters. The fourth-order valence-electron chi connectivity index (χ4n) is 3.71. The van der Waals surface area contributed by atoms with E-state index in [0.29, 0.717) is 28.6 Å². The lowest BCUT2D eigenvalue weighted by atomic mass is 10.1. The SMILES string of the molecule is CCCCNC(=O)[C@H](CC)N(Cc1ccc(Cl)cc1Cl)C(=O)CN(c1cc(Cl)ccc1OC)S(C)(=O)=O. The largest absolute Gasteiger partial charge is 0.495 e. The van der Waals surface area contributed by atoms with Crippen molar-refractivity contribution in [1.29, 1.82) is 0 Å². The maximum atomic E-state index is 13.8. The third-order valence-corrected chi connectivity index (χ3v) is 7.61. The number of hydrogen-bond donors (Lipinski definition) is 1. The van der Waals surface area contributed by atoms with E-state index in [0.717, 1.165) is 23.4 Å². The number of nitrogens with one attached hydrogen (secondary N) is 1. The zero-order valence-corrected chi connectivity index (χ0v) is 24.3. The molecule has 1 atom stereocenters. The molecule has 12 heteroatoms. The summed E-state index contributed by atoms with van der Waals surface area (Å²) in [5.41, 5.74) is 0.668. The van der Waals surface area contributed by atoms with Crippen molar-refractivity contribution in [3.8, 4) is 5.75 Å². The standard InChI is InChI=1S/C25H32Cl3N3O5S/c1-5-7-12-29-25(33)21(6-2)30(15-17-8-9-18(26)13-20(17)28)24(32)16-31(37(4,34)35)22-14-19(27)10-11-23(22)36-3/h8-11,13-14,21H,5-7,12,15-16H2,1-4H3,(H,29,33)/t21-/m0/s1. The van der Waals surface area contributed by atoms with Crippen molar-refractivity contribution >= 4 is 62.3 Å². The highest BCUT2D eigenvalue weighted by Crippen LogP contribution is 2.33. The molecule has 2 aromatic carbocycles. The van der Waals surface area contributed by atoms with Crippen molar-refractivity contribution in [2.45, 2.75) is 45.7 Å². The molecule has 0 radical (unpaired) electrons. The number of carbonyl (C=O) groups is 2. The Morgan fingerprint density at radius 3 is 2.27 bits per heavy atom. The van der Waals surface area contributed by atoms with Crippen LogP contribution in [0.2, 0.25) is 15.1 Å². The van der Waals surface area contributed by atoms with E-state index in [1.807, 2.05) is 6.92 Å². The van der Waals surface area contributed by atoms with Gasteiger partial charge in [-0.25, -0.2) is 8.42 Å². The molecule has 0 aliphatic rings. The normalized spacial score (nSPS) is 12.1. The van der Waals surface area contributed by atoms with Gasteiger partial charge in [0.25, 0.3) is 0 Å². The van der Waals surface area contributed by atoms with E-state index in [1.165, 1.54) is 24.1 Å². The Labute approximate surface area is 233 Å². The first-order valence-corrected chi connectivity index (χ1v) is 14.7. The Hall–Kier alpha value is -2.20. The van der Waals surface area contributed by atoms with Gasteiger partial charge in [0, 0.05) is 28.2 Å². The van der Waals surface area contributed by atoms with Crippen molar-refractivity contribution < 1.29 is 22.7 Å². The second kappa shape index (κ2) is 14.1. The summed E-state index contributed by atoms with van der Waals surface area (Å²) in [4.78, 5) is 28.2. The topological polar surface area (TPSA) is 96.0 Å². The number of ether oxygens (including phenoxy) is 1. The van der Waals surface area contributed by atoms with E-state index in [4.69, 9.17) is 39.5 Å². The van der Waals surface area contributed by atoms with Crippen LogP contribution in [-0.2, 0) is 26.2 Å². The van der Waals surface area contributed by atoms with Gasteiger partial charge in [-0.3, -0.25) is 13.9 Å². The molecule has 8 nitrogen and oxygen atoms in total. The summed E-state index contributed by atoms with van der Waals surface area (Å²) < 4.78 is 31.9. The van der Waals surface area contributed by atoms with E-state index >= 15 is 0 Å². The minimum Gasteiger partial charge on any atom is -0.495 e. The maximum absolute atomic E-state index is 13.8. The molecular weight excluding hydrogens is 561 g/mol. The second-order valence-electron chi connectivity index (χ2n) is 8.41. The van der Waals surface area contributed by atoms with Crippen LogP contribution in [0.25, 0.3) is 0 Å². The van der Waals surface area contributed by atoms with Gasteiger partial charge in [-0.1, -0.05) is 61.1 Å². The molecule has 2 amide bonds. The molecule has 0 fully saturated rings. The minimum atomic E-state index is -3.95. The first-order chi connectivity index (χ1) is 17.4. The van der Waals surface area contributed by atoms with Gasteiger partial charge in [0.1, 0.15) is 18.3 Å². The van der Waals surface area contributed by atoms with Crippen molar-refractivity contribution in [1.82, 2.24) is 10.2 Å². The van der Waals surface area contributed by atoms with Crippen LogP contribution in [0.1, 0.15) is 38.7 Å². The van der Waals surface area contributed by atoms with Crippen LogP contribution >= 0.6 is 34.8 Å². The lowest BCUT2D eigenvalue weighted by molar-refractivity contribution is -0.140. The molecule has 0 spiro atoms. The van der Waals surface area contributed by atoms with Crippen molar-refractivity contribution in [2.24, 2.45) is 0 Å². The lowest BCUT2D eigenvalue weighted by Gasteiger charge is -2.33. The fraction of sp³-hybridized carbons (Fsp3) is 0.440. The zero-order valence-electron chi connectivity index (χ0n) is 21.3. The lowest BCUT2D eigenvalue weighted by Crippen LogP contribution is -2.52. The van der Waals surface area contributed by atoms with Gasteiger partial charge in [0.05, 0.1) is 19.1 Å². The molecule has 0 aromatic heterocycles. The van der Waals surface area contributed by atoms with Crippen LogP contribution in [0.4, 0.5) is 5.69 Å². The van der Waals surface area contributed by atoms with Crippen molar-refractivity contribution in [2.75, 3.05) is 30.8 Å². The number of carbonyl (C=O) groups excluding carboxylic acids is 2. The number of sulfonamides is 1. The summed E-state index contributed by atoms with van der Waals surface area (Å²) in [6.07, 6.45) is 2.96. The summed E-state index contributed by atoms with van der Waals surface area (Å²) in [7, 11) is -2.56. The Balaban J connectivity index is 2.51. The average molecular weight is 593 g/mol. The molecule has 0 aliphatic carbocycles. The van der Waals surface area contributed by atoms with Gasteiger partial charge in [-0.15, -0.1) is 0 Å². The summed E-state index contributed by atoms with van der Waals surface area (Å²) in [6, 6.07) is 8.45. The third kappa shape index (κ3) is 8.67. The molecule has 37 heavy (non-hydrogen) atoms. The van der Waals surface area contributed by atoms with Crippen LogP contribution < -0.4 is 14.4 Å². The van der Waals surface area contributed by atoms with E-state index in [-0.39, 0.29) is 28.9 Å². The molecule has 0 saturated carbocycles. The predicted molar refractivity (Wildman–Crippen MR) is 149 cm³/mol. The molecular formula is C25H32Cl3N3O5S. The molecule has 0 aliphatic heterocycles. The van der Waals surface area contributed by atoms with Crippen molar-refractivity contribution in [3.05, 3.63) is 57.0 Å². The molecule has 0 saturated heterocycles. The van der Waals surface area contributed by atoms with Crippen LogP contribution in [0.3, 0.4) is 0 Å². The summed E-state index contributed by atoms with van der Waals surface area (Å²) in [6.45, 7) is 3.64. The molecule has 1 N–H and O–H groups in total. The number of anilines is 1. The highest BCUT2D eigenvalue weighted by atomic mass is 35.5. The van der Waals surface area contributed by atoms with Gasteiger partial charge < -0.3 is 15.0 Å². The Morgan fingerprint density at radius 1 is 1.05 bits per heavy atom. The van der Waals surface area contributed by atoms with Gasteiger partial charge in [0.15, 0.2) is 0 Å². The summed E-state index contributed by atoms with van der Waals surface area (Å²) in [5.74, 6) is -0.712. The number of halogens is 3. The number of unbranched alkanes of at least 4 members (excludes halogenated alkanes) is 1. The van der Waals surface area contributed by atoms with E-state index in [1.54, 1.807) is 31.2 Å². The molecule has 2 aromatic rings. The first-order valence-electron chi connectivity index (χ1n) is 11.7. The number of nitrogens with zero attached hydrogens (tertiary/aromatic N) is 2. The second-order valence-corrected chi connectivity index (χ2v) is 11.6. The summed E-state index contributed by atoms with van der Waals surface area (Å²) >= 11 is 18.5. The minimum absolute atomic E-state index is 0.0289.